The van der Waals surface area contributed by atoms with E-state index in [0.29, 0.717) is 5.92 Å². The van der Waals surface area contributed by atoms with Crippen molar-refractivity contribution in [1.82, 2.24) is 0 Å². The molecule has 1 heteroatoms. The van der Waals surface area contributed by atoms with Gasteiger partial charge in [0.25, 0.3) is 0 Å². The summed E-state index contributed by atoms with van der Waals surface area (Å²) in [5, 5.41) is 10.6. The van der Waals surface area contributed by atoms with Crippen molar-refractivity contribution >= 4 is 0 Å². The van der Waals surface area contributed by atoms with Gasteiger partial charge in [-0.1, -0.05) is 57.9 Å². The van der Waals surface area contributed by atoms with Crippen LogP contribution >= 0.6 is 0 Å². The summed E-state index contributed by atoms with van der Waals surface area (Å²) < 4.78 is 0. The molecule has 19 heavy (non-hydrogen) atoms. The van der Waals surface area contributed by atoms with E-state index in [0.717, 1.165) is 12.8 Å². The van der Waals surface area contributed by atoms with Crippen LogP contribution in [-0.4, -0.2) is 11.2 Å². The number of benzene rings is 1. The lowest BCUT2D eigenvalue weighted by molar-refractivity contribution is 0.0257. The molecule has 0 aromatic heterocycles. The molecule has 0 bridgehead atoms. The highest BCUT2D eigenvalue weighted by atomic mass is 16.3. The zero-order chi connectivity index (χ0) is 13.9. The van der Waals surface area contributed by atoms with Crippen molar-refractivity contribution in [3.63, 3.8) is 0 Å². The average molecular weight is 260 g/mol. The van der Waals surface area contributed by atoms with Crippen LogP contribution in [0.1, 0.15) is 69.9 Å². The summed E-state index contributed by atoms with van der Waals surface area (Å²) in [7, 11) is 0. The Hall–Kier alpha value is -0.820. The molecular formula is C18H28O. The number of hydrogen-bond donors (Lipinski definition) is 1. The maximum atomic E-state index is 10.6. The van der Waals surface area contributed by atoms with Crippen molar-refractivity contribution < 1.29 is 5.11 Å². The van der Waals surface area contributed by atoms with Gasteiger partial charge < -0.3 is 5.11 Å². The van der Waals surface area contributed by atoms with Gasteiger partial charge in [-0.2, -0.15) is 0 Å². The molecule has 1 unspecified atom stereocenters. The van der Waals surface area contributed by atoms with Crippen LogP contribution in [0.5, 0.6) is 0 Å². The molecule has 1 N–H and O–H groups in total. The molecule has 1 aromatic rings. The Balaban J connectivity index is 2.03. The minimum atomic E-state index is -0.176. The third-order valence-corrected chi connectivity index (χ3v) is 5.09. The Morgan fingerprint density at radius 3 is 2.16 bits per heavy atom. The van der Waals surface area contributed by atoms with Gasteiger partial charge in [0.1, 0.15) is 0 Å². The second-order valence-electron chi connectivity index (χ2n) is 6.54. The second kappa shape index (κ2) is 6.09. The van der Waals surface area contributed by atoms with Gasteiger partial charge in [-0.15, -0.1) is 0 Å². The number of aliphatic hydroxyl groups is 1. The predicted molar refractivity (Wildman–Crippen MR) is 81.4 cm³/mol. The highest BCUT2D eigenvalue weighted by Gasteiger charge is 2.38. The van der Waals surface area contributed by atoms with Crippen molar-refractivity contribution in [2.24, 2.45) is 5.41 Å². The fraction of sp³-hybridized carbons (Fsp3) is 0.667. The third-order valence-electron chi connectivity index (χ3n) is 5.09. The lowest BCUT2D eigenvalue weighted by atomic mass is 9.76. The Morgan fingerprint density at radius 2 is 1.68 bits per heavy atom. The highest BCUT2D eigenvalue weighted by Crippen LogP contribution is 2.44. The maximum absolute atomic E-state index is 10.6. The Labute approximate surface area is 118 Å². The second-order valence-corrected chi connectivity index (χ2v) is 6.54. The summed E-state index contributed by atoms with van der Waals surface area (Å²) in [6.45, 7) is 6.67. The molecule has 0 heterocycles. The quantitative estimate of drug-likeness (QED) is 0.814. The van der Waals surface area contributed by atoms with Crippen LogP contribution in [0.3, 0.4) is 0 Å². The molecule has 1 nitrogen and oxygen atoms in total. The van der Waals surface area contributed by atoms with Gasteiger partial charge in [0, 0.05) is 0 Å². The van der Waals surface area contributed by atoms with Crippen molar-refractivity contribution in [2.75, 3.05) is 0 Å². The molecule has 0 aliphatic heterocycles. The van der Waals surface area contributed by atoms with Gasteiger partial charge in [0.2, 0.25) is 0 Å². The minimum Gasteiger partial charge on any atom is -0.392 e. The Morgan fingerprint density at radius 1 is 1.11 bits per heavy atom. The molecule has 0 amide bonds. The smallest absolute Gasteiger partial charge is 0.0636 e. The van der Waals surface area contributed by atoms with Crippen LogP contribution < -0.4 is 0 Å². The highest BCUT2D eigenvalue weighted by molar-refractivity contribution is 5.25. The van der Waals surface area contributed by atoms with E-state index in [1.54, 1.807) is 0 Å². The van der Waals surface area contributed by atoms with Crippen molar-refractivity contribution in [3.05, 3.63) is 35.4 Å². The summed E-state index contributed by atoms with van der Waals surface area (Å²) in [6, 6.07) is 8.80. The molecule has 1 saturated carbocycles. The van der Waals surface area contributed by atoms with Crippen LogP contribution in [0.2, 0.25) is 0 Å². The van der Waals surface area contributed by atoms with Gasteiger partial charge in [-0.3, -0.25) is 0 Å². The van der Waals surface area contributed by atoms with E-state index in [1.807, 2.05) is 0 Å². The molecule has 1 aromatic carbocycles. The standard InChI is InChI=1S/C18H28O/c1-4-18(11-5-6-12-18)17(19)13-15-7-9-16(10-8-15)14(2)3/h7-10,14,17,19H,4-6,11-13H2,1-3H3. The normalized spacial score (nSPS) is 19.8. The number of rotatable bonds is 5. The van der Waals surface area contributed by atoms with Gasteiger partial charge in [-0.05, 0) is 48.1 Å². The fourth-order valence-corrected chi connectivity index (χ4v) is 3.48. The molecule has 1 fully saturated rings. The fourth-order valence-electron chi connectivity index (χ4n) is 3.48. The molecule has 1 aliphatic rings. The van der Waals surface area contributed by atoms with E-state index < -0.39 is 0 Å². The number of aliphatic hydroxyl groups excluding tert-OH is 1. The number of hydrogen-bond acceptors (Lipinski definition) is 1. The zero-order valence-electron chi connectivity index (χ0n) is 12.7. The van der Waals surface area contributed by atoms with Crippen molar-refractivity contribution in [1.29, 1.82) is 0 Å². The summed E-state index contributed by atoms with van der Waals surface area (Å²) in [5.41, 5.74) is 2.84. The first-order valence-electron chi connectivity index (χ1n) is 7.84. The summed E-state index contributed by atoms with van der Waals surface area (Å²) in [6.07, 6.45) is 6.73. The monoisotopic (exact) mass is 260 g/mol. The van der Waals surface area contributed by atoms with Crippen LogP contribution in [0.15, 0.2) is 24.3 Å². The van der Waals surface area contributed by atoms with Crippen molar-refractivity contribution in [2.45, 2.75) is 71.3 Å². The van der Waals surface area contributed by atoms with E-state index in [1.165, 1.54) is 36.8 Å². The van der Waals surface area contributed by atoms with E-state index in [-0.39, 0.29) is 11.5 Å². The first-order valence-corrected chi connectivity index (χ1v) is 7.84. The molecule has 0 spiro atoms. The SMILES string of the molecule is CCC1(C(O)Cc2ccc(C(C)C)cc2)CCCC1. The average Bonchev–Trinajstić information content (AvgIpc) is 2.89. The first kappa shape index (κ1) is 14.6. The maximum Gasteiger partial charge on any atom is 0.0636 e. The van der Waals surface area contributed by atoms with Crippen molar-refractivity contribution in [3.8, 4) is 0 Å². The largest absolute Gasteiger partial charge is 0.392 e. The topological polar surface area (TPSA) is 20.2 Å². The van der Waals surface area contributed by atoms with Gasteiger partial charge in [0.15, 0.2) is 0 Å². The Kier molecular flexibility index (Phi) is 4.67. The molecule has 1 aliphatic carbocycles. The predicted octanol–water partition coefficient (Wildman–Crippen LogP) is 4.68. The van der Waals surface area contributed by atoms with Crippen LogP contribution in [0, 0.1) is 5.41 Å². The van der Waals surface area contributed by atoms with Gasteiger partial charge >= 0.3 is 0 Å². The lowest BCUT2D eigenvalue weighted by Gasteiger charge is -2.33. The zero-order valence-corrected chi connectivity index (χ0v) is 12.7. The Bertz CT molecular complexity index is 385. The van der Waals surface area contributed by atoms with E-state index in [4.69, 9.17) is 0 Å². The summed E-state index contributed by atoms with van der Waals surface area (Å²) in [5.74, 6) is 0.579. The van der Waals surface area contributed by atoms with Gasteiger partial charge in [-0.25, -0.2) is 0 Å². The lowest BCUT2D eigenvalue weighted by Crippen LogP contribution is -2.33. The van der Waals surface area contributed by atoms with E-state index in [9.17, 15) is 5.11 Å². The minimum absolute atomic E-state index is 0.176. The molecule has 0 radical (unpaired) electrons. The molecule has 106 valence electrons. The molecule has 1 atom stereocenters. The first-order chi connectivity index (χ1) is 9.07. The summed E-state index contributed by atoms with van der Waals surface area (Å²) >= 11 is 0. The molecule has 2 rings (SSSR count). The molecular weight excluding hydrogens is 232 g/mol. The summed E-state index contributed by atoms with van der Waals surface area (Å²) in [4.78, 5) is 0. The van der Waals surface area contributed by atoms with Crippen LogP contribution in [0.25, 0.3) is 0 Å². The van der Waals surface area contributed by atoms with Gasteiger partial charge in [0.05, 0.1) is 6.10 Å². The van der Waals surface area contributed by atoms with E-state index >= 15 is 0 Å². The third kappa shape index (κ3) is 3.20. The molecule has 0 saturated heterocycles. The van der Waals surface area contributed by atoms with Crippen LogP contribution in [0.4, 0.5) is 0 Å². The van der Waals surface area contributed by atoms with E-state index in [2.05, 4.69) is 45.0 Å². The van der Waals surface area contributed by atoms with Crippen LogP contribution in [-0.2, 0) is 6.42 Å².